The van der Waals surface area contributed by atoms with E-state index >= 15 is 0 Å². The van der Waals surface area contributed by atoms with Gasteiger partial charge in [0.2, 0.25) is 5.91 Å². The number of imide groups is 1. The van der Waals surface area contributed by atoms with Gasteiger partial charge in [-0.2, -0.15) is 0 Å². The summed E-state index contributed by atoms with van der Waals surface area (Å²) in [5.41, 5.74) is 2.16. The Labute approximate surface area is 140 Å². The monoisotopic (exact) mass is 322 g/mol. The van der Waals surface area contributed by atoms with Crippen molar-refractivity contribution in [3.8, 4) is 0 Å². The Balaban J connectivity index is 1.83. The highest BCUT2D eigenvalue weighted by Gasteiger charge is 2.33. The smallest absolute Gasteiger partial charge is 0.261 e. The second kappa shape index (κ2) is 6.28. The molecule has 1 aliphatic rings. The summed E-state index contributed by atoms with van der Waals surface area (Å²) < 4.78 is 0. The number of rotatable bonds is 4. The standard InChI is InChI=1S/C19H18N2O3/c1-3-14(12-7-5-4-6-8-12)17(22)20-13-9-10-15-16(11-13)19(24)21(2)18(15)23/h4-11,14H,3H2,1-2H3,(H,20,22)/t14-/m0/s1. The number of fused-ring (bicyclic) bond motifs is 1. The molecule has 0 unspecified atom stereocenters. The molecule has 2 aromatic rings. The van der Waals surface area contributed by atoms with Crippen LogP contribution in [0, 0.1) is 0 Å². The maximum atomic E-state index is 12.6. The van der Waals surface area contributed by atoms with Gasteiger partial charge in [0.15, 0.2) is 0 Å². The van der Waals surface area contributed by atoms with Gasteiger partial charge in [0.05, 0.1) is 17.0 Å². The third-order valence-electron chi connectivity index (χ3n) is 4.28. The van der Waals surface area contributed by atoms with Crippen molar-refractivity contribution in [3.63, 3.8) is 0 Å². The van der Waals surface area contributed by atoms with Gasteiger partial charge in [0.1, 0.15) is 0 Å². The number of hydrogen-bond acceptors (Lipinski definition) is 3. The number of nitrogens with one attached hydrogen (secondary N) is 1. The molecule has 0 fully saturated rings. The van der Waals surface area contributed by atoms with E-state index in [9.17, 15) is 14.4 Å². The molecule has 1 N–H and O–H groups in total. The van der Waals surface area contributed by atoms with Gasteiger partial charge in [-0.05, 0) is 30.2 Å². The first kappa shape index (κ1) is 15.9. The predicted octanol–water partition coefficient (Wildman–Crippen LogP) is 3.04. The second-order valence-corrected chi connectivity index (χ2v) is 5.79. The van der Waals surface area contributed by atoms with Gasteiger partial charge in [-0.25, -0.2) is 0 Å². The summed E-state index contributed by atoms with van der Waals surface area (Å²) in [6.45, 7) is 1.96. The molecule has 0 saturated carbocycles. The maximum Gasteiger partial charge on any atom is 0.261 e. The average molecular weight is 322 g/mol. The Morgan fingerprint density at radius 1 is 1.04 bits per heavy atom. The third kappa shape index (κ3) is 2.69. The summed E-state index contributed by atoms with van der Waals surface area (Å²) in [6.07, 6.45) is 0.668. The van der Waals surface area contributed by atoms with Gasteiger partial charge in [-0.15, -0.1) is 0 Å². The molecule has 1 aliphatic heterocycles. The van der Waals surface area contributed by atoms with Crippen molar-refractivity contribution < 1.29 is 14.4 Å². The second-order valence-electron chi connectivity index (χ2n) is 5.79. The number of carbonyl (C=O) groups is 3. The Bertz CT molecular complexity index is 815. The minimum Gasteiger partial charge on any atom is -0.326 e. The summed E-state index contributed by atoms with van der Waals surface area (Å²) in [6, 6.07) is 14.4. The first-order chi connectivity index (χ1) is 11.5. The lowest BCUT2D eigenvalue weighted by Gasteiger charge is -2.15. The van der Waals surface area contributed by atoms with Gasteiger partial charge in [-0.1, -0.05) is 37.3 Å². The molecular weight excluding hydrogens is 304 g/mol. The zero-order valence-electron chi connectivity index (χ0n) is 13.6. The van der Waals surface area contributed by atoms with E-state index < -0.39 is 0 Å². The van der Waals surface area contributed by atoms with E-state index in [1.54, 1.807) is 18.2 Å². The Kier molecular flexibility index (Phi) is 4.16. The highest BCUT2D eigenvalue weighted by molar-refractivity contribution is 6.21. The van der Waals surface area contributed by atoms with Crippen molar-refractivity contribution in [2.45, 2.75) is 19.3 Å². The summed E-state index contributed by atoms with van der Waals surface area (Å²) >= 11 is 0. The van der Waals surface area contributed by atoms with Crippen molar-refractivity contribution >= 4 is 23.4 Å². The SMILES string of the molecule is CC[C@H](C(=O)Nc1ccc2c(c1)C(=O)N(C)C2=O)c1ccccc1. The zero-order valence-corrected chi connectivity index (χ0v) is 13.6. The lowest BCUT2D eigenvalue weighted by molar-refractivity contribution is -0.117. The van der Waals surface area contributed by atoms with E-state index in [1.165, 1.54) is 7.05 Å². The molecule has 1 heterocycles. The molecule has 3 amide bonds. The molecular formula is C19H18N2O3. The van der Waals surface area contributed by atoms with Gasteiger partial charge < -0.3 is 5.32 Å². The van der Waals surface area contributed by atoms with E-state index in [0.29, 0.717) is 23.2 Å². The summed E-state index contributed by atoms with van der Waals surface area (Å²) in [7, 11) is 1.45. The fourth-order valence-electron chi connectivity index (χ4n) is 2.93. The highest BCUT2D eigenvalue weighted by Crippen LogP contribution is 2.26. The number of hydrogen-bond donors (Lipinski definition) is 1. The number of benzene rings is 2. The molecule has 3 rings (SSSR count). The van der Waals surface area contributed by atoms with Crippen LogP contribution in [-0.2, 0) is 4.79 Å². The average Bonchev–Trinajstić information content (AvgIpc) is 2.81. The molecule has 0 bridgehead atoms. The minimum atomic E-state index is -0.346. The van der Waals surface area contributed by atoms with E-state index in [1.807, 2.05) is 37.3 Å². The molecule has 5 nitrogen and oxygen atoms in total. The van der Waals surface area contributed by atoms with Gasteiger partial charge in [0, 0.05) is 12.7 Å². The molecule has 0 aliphatic carbocycles. The van der Waals surface area contributed by atoms with Crippen LogP contribution in [0.5, 0.6) is 0 Å². The predicted molar refractivity (Wildman–Crippen MR) is 91.0 cm³/mol. The summed E-state index contributed by atoms with van der Waals surface area (Å²) in [5, 5.41) is 2.85. The maximum absolute atomic E-state index is 12.6. The van der Waals surface area contributed by atoms with Crippen LogP contribution < -0.4 is 5.32 Å². The molecule has 0 aromatic heterocycles. The number of anilines is 1. The van der Waals surface area contributed by atoms with Crippen molar-refractivity contribution in [1.82, 2.24) is 4.90 Å². The Morgan fingerprint density at radius 2 is 1.71 bits per heavy atom. The Hall–Kier alpha value is -2.95. The van der Waals surface area contributed by atoms with Crippen LogP contribution in [0.15, 0.2) is 48.5 Å². The first-order valence-corrected chi connectivity index (χ1v) is 7.85. The number of nitrogens with zero attached hydrogens (tertiary/aromatic N) is 1. The Morgan fingerprint density at radius 3 is 2.38 bits per heavy atom. The molecule has 1 atom stereocenters. The van der Waals surface area contributed by atoms with Gasteiger partial charge in [0.25, 0.3) is 11.8 Å². The largest absolute Gasteiger partial charge is 0.326 e. The molecule has 0 radical (unpaired) electrons. The fourth-order valence-corrected chi connectivity index (χ4v) is 2.93. The minimum absolute atomic E-state index is 0.131. The topological polar surface area (TPSA) is 66.5 Å². The van der Waals surface area contributed by atoms with E-state index in [-0.39, 0.29) is 23.6 Å². The lowest BCUT2D eigenvalue weighted by Crippen LogP contribution is -2.24. The third-order valence-corrected chi connectivity index (χ3v) is 4.28. The van der Waals surface area contributed by atoms with Crippen LogP contribution >= 0.6 is 0 Å². The first-order valence-electron chi connectivity index (χ1n) is 7.85. The van der Waals surface area contributed by atoms with Crippen molar-refractivity contribution in [2.75, 3.05) is 12.4 Å². The quantitative estimate of drug-likeness (QED) is 0.880. The van der Waals surface area contributed by atoms with E-state index in [4.69, 9.17) is 0 Å². The zero-order chi connectivity index (χ0) is 17.3. The molecule has 2 aromatic carbocycles. The molecule has 0 saturated heterocycles. The van der Waals surface area contributed by atoms with Crippen LogP contribution in [0.25, 0.3) is 0 Å². The molecule has 5 heteroatoms. The fraction of sp³-hybridized carbons (Fsp3) is 0.211. The van der Waals surface area contributed by atoms with Crippen LogP contribution in [0.1, 0.15) is 45.5 Å². The lowest BCUT2D eigenvalue weighted by atomic mass is 9.95. The number of carbonyl (C=O) groups excluding carboxylic acids is 3. The van der Waals surface area contributed by atoms with Crippen LogP contribution in [0.3, 0.4) is 0 Å². The van der Waals surface area contributed by atoms with Crippen molar-refractivity contribution in [2.24, 2.45) is 0 Å². The molecule has 24 heavy (non-hydrogen) atoms. The molecule has 0 spiro atoms. The highest BCUT2D eigenvalue weighted by atomic mass is 16.2. The van der Waals surface area contributed by atoms with Crippen LogP contribution in [-0.4, -0.2) is 29.7 Å². The van der Waals surface area contributed by atoms with E-state index in [2.05, 4.69) is 5.32 Å². The van der Waals surface area contributed by atoms with Crippen molar-refractivity contribution in [1.29, 1.82) is 0 Å². The summed E-state index contributed by atoms with van der Waals surface area (Å²) in [4.78, 5) is 37.6. The van der Waals surface area contributed by atoms with Gasteiger partial charge in [-0.3, -0.25) is 19.3 Å². The number of amides is 3. The normalized spacial score (nSPS) is 14.5. The van der Waals surface area contributed by atoms with E-state index in [0.717, 1.165) is 10.5 Å². The molecule has 122 valence electrons. The van der Waals surface area contributed by atoms with Gasteiger partial charge >= 0.3 is 0 Å². The van der Waals surface area contributed by atoms with Crippen molar-refractivity contribution in [3.05, 3.63) is 65.2 Å². The van der Waals surface area contributed by atoms with Crippen LogP contribution in [0.2, 0.25) is 0 Å². The summed E-state index contributed by atoms with van der Waals surface area (Å²) in [5.74, 6) is -1.06. The van der Waals surface area contributed by atoms with Crippen LogP contribution in [0.4, 0.5) is 5.69 Å².